The fourth-order valence-electron chi connectivity index (χ4n) is 3.64. The van der Waals surface area contributed by atoms with Crippen molar-refractivity contribution in [2.24, 2.45) is 0 Å². The molecule has 150 valence electrons. The molecule has 2 aromatic carbocycles. The number of hydrogen-bond acceptors (Lipinski definition) is 5. The van der Waals surface area contributed by atoms with Crippen LogP contribution in [0.25, 0.3) is 21.9 Å². The molecule has 6 heteroatoms. The predicted octanol–water partition coefficient (Wildman–Crippen LogP) is 5.59. The summed E-state index contributed by atoms with van der Waals surface area (Å²) >= 11 is 2.07. The van der Waals surface area contributed by atoms with Crippen molar-refractivity contribution < 1.29 is 4.39 Å². The van der Waals surface area contributed by atoms with Crippen LogP contribution in [-0.2, 0) is 0 Å². The fraction of sp³-hybridized carbons (Fsp3) is 0.304. The van der Waals surface area contributed by atoms with Gasteiger partial charge in [-0.05, 0) is 72.4 Å². The molecule has 29 heavy (non-hydrogen) atoms. The molecule has 2 heterocycles. The van der Waals surface area contributed by atoms with Crippen LogP contribution in [0.15, 0.2) is 36.4 Å². The lowest BCUT2D eigenvalue weighted by atomic mass is 9.93. The minimum Gasteiger partial charge on any atom is -0.398 e. The first kappa shape index (κ1) is 19.7. The van der Waals surface area contributed by atoms with E-state index in [0.29, 0.717) is 23.0 Å². The topological polar surface area (TPSA) is 88.8 Å². The second-order valence-corrected chi connectivity index (χ2v) is 8.75. The van der Waals surface area contributed by atoms with Gasteiger partial charge in [-0.3, -0.25) is 0 Å². The van der Waals surface area contributed by atoms with Gasteiger partial charge < -0.3 is 16.9 Å². The number of nitrogen functional groups attached to an aromatic ring is 2. The number of hydrogen-bond donors (Lipinski definition) is 3. The zero-order valence-electron chi connectivity index (χ0n) is 16.2. The summed E-state index contributed by atoms with van der Waals surface area (Å²) in [6, 6.07) is 10.1. The van der Waals surface area contributed by atoms with E-state index in [1.807, 2.05) is 6.07 Å². The normalized spacial score (nSPS) is 15.8. The van der Waals surface area contributed by atoms with E-state index < -0.39 is 0 Å². The summed E-state index contributed by atoms with van der Waals surface area (Å²) in [6.07, 6.45) is 6.32. The van der Waals surface area contributed by atoms with Crippen molar-refractivity contribution >= 4 is 40.3 Å². The van der Waals surface area contributed by atoms with Gasteiger partial charge >= 0.3 is 0 Å². The molecule has 0 spiro atoms. The van der Waals surface area contributed by atoms with Crippen LogP contribution in [0.5, 0.6) is 0 Å². The van der Waals surface area contributed by atoms with Crippen LogP contribution in [0, 0.1) is 11.2 Å². The lowest BCUT2D eigenvalue weighted by molar-refractivity contribution is 0.628. The molecule has 4 nitrogen and oxygen atoms in total. The molecular weight excluding hydrogens is 383 g/mol. The maximum Gasteiger partial charge on any atom is 0.131 e. The van der Waals surface area contributed by atoms with E-state index in [0.717, 1.165) is 40.4 Å². The number of aromatic nitrogens is 1. The van der Waals surface area contributed by atoms with E-state index in [9.17, 15) is 4.39 Å². The maximum atomic E-state index is 13.3. The Labute approximate surface area is 174 Å². The number of benzene rings is 2. The molecule has 0 radical (unpaired) electrons. The van der Waals surface area contributed by atoms with Gasteiger partial charge in [-0.2, -0.15) is 11.8 Å². The van der Waals surface area contributed by atoms with Crippen molar-refractivity contribution in [3.05, 3.63) is 53.5 Å². The van der Waals surface area contributed by atoms with Crippen LogP contribution in [0.1, 0.15) is 42.9 Å². The van der Waals surface area contributed by atoms with Crippen molar-refractivity contribution in [2.75, 3.05) is 23.0 Å². The first-order valence-corrected chi connectivity index (χ1v) is 11.1. The SMILES string of the molecule is C1CCSC1.N=Cc1cc2c(-c3ccc(F)cc3)c(C3CC3)nc(N)c2cc1N. The minimum absolute atomic E-state index is 0.274. The molecule has 1 aliphatic carbocycles. The average Bonchev–Trinajstić information content (AvgIpc) is 3.39. The Morgan fingerprint density at radius 2 is 1.72 bits per heavy atom. The number of anilines is 2. The molecule has 1 saturated carbocycles. The summed E-state index contributed by atoms with van der Waals surface area (Å²) in [5.74, 6) is 3.39. The fourth-order valence-corrected chi connectivity index (χ4v) is 4.66. The number of nitrogens with one attached hydrogen (secondary N) is 1. The third kappa shape index (κ3) is 4.22. The number of rotatable bonds is 3. The Morgan fingerprint density at radius 3 is 2.28 bits per heavy atom. The highest BCUT2D eigenvalue weighted by molar-refractivity contribution is 7.99. The van der Waals surface area contributed by atoms with Gasteiger partial charge in [-0.15, -0.1) is 0 Å². The van der Waals surface area contributed by atoms with Crippen LogP contribution in [0.3, 0.4) is 0 Å². The largest absolute Gasteiger partial charge is 0.398 e. The molecule has 2 aliphatic rings. The van der Waals surface area contributed by atoms with E-state index in [4.69, 9.17) is 16.9 Å². The highest BCUT2D eigenvalue weighted by Crippen LogP contribution is 2.47. The third-order valence-corrected chi connectivity index (χ3v) is 6.50. The third-order valence-electron chi connectivity index (χ3n) is 5.35. The molecule has 1 saturated heterocycles. The van der Waals surface area contributed by atoms with Crippen LogP contribution >= 0.6 is 11.8 Å². The summed E-state index contributed by atoms with van der Waals surface area (Å²) in [4.78, 5) is 4.63. The first-order chi connectivity index (χ1) is 14.1. The van der Waals surface area contributed by atoms with Crippen molar-refractivity contribution in [2.45, 2.75) is 31.6 Å². The molecule has 2 fully saturated rings. The monoisotopic (exact) mass is 408 g/mol. The van der Waals surface area contributed by atoms with E-state index in [2.05, 4.69) is 16.7 Å². The number of nitrogens with zero attached hydrogens (tertiary/aromatic N) is 1. The molecule has 3 aromatic rings. The maximum absolute atomic E-state index is 13.3. The molecule has 1 aromatic heterocycles. The summed E-state index contributed by atoms with van der Waals surface area (Å²) < 4.78 is 13.3. The first-order valence-electron chi connectivity index (χ1n) is 9.95. The smallest absolute Gasteiger partial charge is 0.131 e. The molecule has 0 unspecified atom stereocenters. The number of thioether (sulfide) groups is 1. The van der Waals surface area contributed by atoms with E-state index >= 15 is 0 Å². The van der Waals surface area contributed by atoms with Crippen LogP contribution in [0.2, 0.25) is 0 Å². The van der Waals surface area contributed by atoms with Gasteiger partial charge in [0, 0.05) is 34.3 Å². The Bertz CT molecular complexity index is 1030. The molecule has 5 N–H and O–H groups in total. The summed E-state index contributed by atoms with van der Waals surface area (Å²) in [5, 5.41) is 9.24. The van der Waals surface area contributed by atoms with Crippen LogP contribution < -0.4 is 11.5 Å². The van der Waals surface area contributed by atoms with E-state index in [1.165, 1.54) is 42.7 Å². The zero-order valence-corrected chi connectivity index (χ0v) is 17.1. The molecule has 0 bridgehead atoms. The highest BCUT2D eigenvalue weighted by atomic mass is 32.2. The van der Waals surface area contributed by atoms with Gasteiger partial charge in [-0.25, -0.2) is 9.37 Å². The second kappa shape index (κ2) is 8.41. The molecule has 0 atom stereocenters. The van der Waals surface area contributed by atoms with E-state index in [-0.39, 0.29) is 5.82 Å². The molecule has 1 aliphatic heterocycles. The number of pyridine rings is 1. The van der Waals surface area contributed by atoms with Crippen LogP contribution in [0.4, 0.5) is 15.9 Å². The quantitative estimate of drug-likeness (QED) is 0.389. The van der Waals surface area contributed by atoms with Gasteiger partial charge in [0.1, 0.15) is 11.6 Å². The van der Waals surface area contributed by atoms with Gasteiger partial charge in [0.25, 0.3) is 0 Å². The van der Waals surface area contributed by atoms with Crippen LogP contribution in [-0.4, -0.2) is 22.7 Å². The summed E-state index contributed by atoms with van der Waals surface area (Å²) in [7, 11) is 0. The van der Waals surface area contributed by atoms with Gasteiger partial charge in [-0.1, -0.05) is 12.1 Å². The van der Waals surface area contributed by atoms with E-state index in [1.54, 1.807) is 18.2 Å². The lowest BCUT2D eigenvalue weighted by Gasteiger charge is -2.16. The predicted molar refractivity (Wildman–Crippen MR) is 122 cm³/mol. The summed E-state index contributed by atoms with van der Waals surface area (Å²) in [5.41, 5.74) is 16.1. The zero-order chi connectivity index (χ0) is 20.4. The Morgan fingerprint density at radius 1 is 1.03 bits per heavy atom. The average molecular weight is 409 g/mol. The number of halogens is 1. The van der Waals surface area contributed by atoms with Crippen molar-refractivity contribution in [3.63, 3.8) is 0 Å². The lowest BCUT2D eigenvalue weighted by Crippen LogP contribution is -2.02. The van der Waals surface area contributed by atoms with Gasteiger partial charge in [0.15, 0.2) is 0 Å². The van der Waals surface area contributed by atoms with Gasteiger partial charge in [0.2, 0.25) is 0 Å². The van der Waals surface area contributed by atoms with Gasteiger partial charge in [0.05, 0.1) is 5.69 Å². The Kier molecular flexibility index (Phi) is 5.72. The number of nitrogens with two attached hydrogens (primary N) is 2. The molecular formula is C23H25FN4S. The molecule has 0 amide bonds. The van der Waals surface area contributed by atoms with Crippen molar-refractivity contribution in [1.82, 2.24) is 4.98 Å². The summed E-state index contributed by atoms with van der Waals surface area (Å²) in [6.45, 7) is 0. The Hall–Kier alpha value is -2.60. The Balaban J connectivity index is 0.000000359. The molecule has 5 rings (SSSR count). The second-order valence-electron chi connectivity index (χ2n) is 7.53. The highest BCUT2D eigenvalue weighted by Gasteiger charge is 2.30. The van der Waals surface area contributed by atoms with Crippen molar-refractivity contribution in [1.29, 1.82) is 5.41 Å². The standard InChI is InChI=1S/C19H17FN4.C4H8S/c20-13-5-3-10(4-6-13)17-14-7-12(9-21)16(22)8-15(14)19(23)24-18(17)11-1-2-11;1-2-4-5-3-1/h3-9,11,21H,1-2,22H2,(H2,23,24);1-4H2. The number of fused-ring (bicyclic) bond motifs is 1. The minimum atomic E-state index is -0.274. The van der Waals surface area contributed by atoms with Crippen molar-refractivity contribution in [3.8, 4) is 11.1 Å².